The van der Waals surface area contributed by atoms with Crippen LogP contribution in [0.15, 0.2) is 52.4 Å². The van der Waals surface area contributed by atoms with Gasteiger partial charge < -0.3 is 9.47 Å². The molecular formula is C18H17N3O3. The third-order valence-corrected chi connectivity index (χ3v) is 3.66. The molecule has 0 bridgehead atoms. The Labute approximate surface area is 139 Å². The standard InChI is InChI=1S/C18H17N3O3/c1-12-20-16-7-5-4-6-15(16)18(22)21(12)19-11-13-10-14(23-2)8-9-17(13)24-3/h4-11H,1-3H3/b19-11+. The minimum atomic E-state index is -0.212. The minimum Gasteiger partial charge on any atom is -0.497 e. The molecule has 24 heavy (non-hydrogen) atoms. The topological polar surface area (TPSA) is 65.7 Å². The number of aryl methyl sites for hydroxylation is 1. The number of hydrogen-bond donors (Lipinski definition) is 0. The molecule has 1 aromatic heterocycles. The molecule has 2 aromatic carbocycles. The number of fused-ring (bicyclic) bond motifs is 1. The molecule has 0 aliphatic rings. The summed E-state index contributed by atoms with van der Waals surface area (Å²) in [7, 11) is 3.17. The Balaban J connectivity index is 2.10. The highest BCUT2D eigenvalue weighted by molar-refractivity contribution is 5.84. The van der Waals surface area contributed by atoms with E-state index < -0.39 is 0 Å². The summed E-state index contributed by atoms with van der Waals surface area (Å²) in [6.07, 6.45) is 1.56. The lowest BCUT2D eigenvalue weighted by atomic mass is 10.2. The molecule has 0 fully saturated rings. The molecular weight excluding hydrogens is 306 g/mol. The van der Waals surface area contributed by atoms with Crippen LogP contribution in [0.1, 0.15) is 11.4 Å². The lowest BCUT2D eigenvalue weighted by molar-refractivity contribution is 0.402. The Morgan fingerprint density at radius 2 is 1.92 bits per heavy atom. The van der Waals surface area contributed by atoms with Gasteiger partial charge in [0, 0.05) is 5.56 Å². The van der Waals surface area contributed by atoms with Crippen molar-refractivity contribution in [1.29, 1.82) is 0 Å². The van der Waals surface area contributed by atoms with Crippen LogP contribution in [-0.2, 0) is 0 Å². The van der Waals surface area contributed by atoms with E-state index in [0.29, 0.717) is 33.8 Å². The summed E-state index contributed by atoms with van der Waals surface area (Å²) in [6.45, 7) is 1.74. The van der Waals surface area contributed by atoms with E-state index in [9.17, 15) is 4.79 Å². The monoisotopic (exact) mass is 323 g/mol. The average Bonchev–Trinajstić information content (AvgIpc) is 2.61. The van der Waals surface area contributed by atoms with Gasteiger partial charge in [-0.05, 0) is 37.3 Å². The highest BCUT2D eigenvalue weighted by Gasteiger charge is 2.07. The van der Waals surface area contributed by atoms with Gasteiger partial charge in [0.15, 0.2) is 0 Å². The van der Waals surface area contributed by atoms with Crippen LogP contribution in [0.3, 0.4) is 0 Å². The number of hydrogen-bond acceptors (Lipinski definition) is 5. The van der Waals surface area contributed by atoms with Crippen molar-refractivity contribution in [3.05, 3.63) is 64.2 Å². The van der Waals surface area contributed by atoms with E-state index >= 15 is 0 Å². The molecule has 6 heteroatoms. The van der Waals surface area contributed by atoms with Crippen molar-refractivity contribution >= 4 is 17.1 Å². The summed E-state index contributed by atoms with van der Waals surface area (Å²) < 4.78 is 11.8. The Hall–Kier alpha value is -3.15. The lowest BCUT2D eigenvalue weighted by Gasteiger charge is -2.08. The van der Waals surface area contributed by atoms with Crippen LogP contribution in [0.4, 0.5) is 0 Å². The van der Waals surface area contributed by atoms with Gasteiger partial charge in [0.25, 0.3) is 5.56 Å². The second kappa shape index (κ2) is 6.54. The highest BCUT2D eigenvalue weighted by atomic mass is 16.5. The van der Waals surface area contributed by atoms with Gasteiger partial charge >= 0.3 is 0 Å². The van der Waals surface area contributed by atoms with Gasteiger partial charge in [-0.25, -0.2) is 4.98 Å². The van der Waals surface area contributed by atoms with E-state index in [-0.39, 0.29) is 5.56 Å². The zero-order valence-corrected chi connectivity index (χ0v) is 13.7. The van der Waals surface area contributed by atoms with Gasteiger partial charge in [0.05, 0.1) is 31.3 Å². The minimum absolute atomic E-state index is 0.212. The molecule has 3 aromatic rings. The van der Waals surface area contributed by atoms with E-state index in [4.69, 9.17) is 9.47 Å². The van der Waals surface area contributed by atoms with Crippen LogP contribution in [0.2, 0.25) is 0 Å². The molecule has 0 saturated heterocycles. The first-order chi connectivity index (χ1) is 11.6. The second-order valence-electron chi connectivity index (χ2n) is 5.15. The largest absolute Gasteiger partial charge is 0.497 e. The van der Waals surface area contributed by atoms with Crippen LogP contribution in [0, 0.1) is 6.92 Å². The van der Waals surface area contributed by atoms with Gasteiger partial charge in [-0.15, -0.1) is 0 Å². The number of benzene rings is 2. The van der Waals surface area contributed by atoms with Gasteiger partial charge in [0.2, 0.25) is 0 Å². The van der Waals surface area contributed by atoms with Crippen LogP contribution < -0.4 is 15.0 Å². The van der Waals surface area contributed by atoms with Gasteiger partial charge in [-0.3, -0.25) is 4.79 Å². The van der Waals surface area contributed by atoms with E-state index in [1.54, 1.807) is 57.7 Å². The zero-order chi connectivity index (χ0) is 17.1. The molecule has 0 aliphatic heterocycles. The van der Waals surface area contributed by atoms with Gasteiger partial charge in [0.1, 0.15) is 17.3 Å². The fourth-order valence-corrected chi connectivity index (χ4v) is 2.43. The van der Waals surface area contributed by atoms with Crippen LogP contribution in [0.25, 0.3) is 10.9 Å². The smallest absolute Gasteiger partial charge is 0.282 e. The molecule has 0 amide bonds. The maximum absolute atomic E-state index is 12.6. The van der Waals surface area contributed by atoms with E-state index in [1.165, 1.54) is 4.68 Å². The summed E-state index contributed by atoms with van der Waals surface area (Å²) in [5, 5.41) is 4.82. The quantitative estimate of drug-likeness (QED) is 0.692. The number of para-hydroxylation sites is 1. The first-order valence-corrected chi connectivity index (χ1v) is 7.39. The summed E-state index contributed by atoms with van der Waals surface area (Å²) in [6, 6.07) is 12.6. The molecule has 0 spiro atoms. The third kappa shape index (κ3) is 2.86. The van der Waals surface area contributed by atoms with Gasteiger partial charge in [-0.2, -0.15) is 9.78 Å². The van der Waals surface area contributed by atoms with Crippen molar-refractivity contribution in [3.8, 4) is 11.5 Å². The Bertz CT molecular complexity index is 977. The molecule has 0 aliphatic carbocycles. The predicted molar refractivity (Wildman–Crippen MR) is 93.3 cm³/mol. The number of methoxy groups -OCH3 is 2. The van der Waals surface area contributed by atoms with Crippen molar-refractivity contribution in [2.75, 3.05) is 14.2 Å². The number of nitrogens with zero attached hydrogens (tertiary/aromatic N) is 3. The van der Waals surface area contributed by atoms with Crippen molar-refractivity contribution in [1.82, 2.24) is 9.66 Å². The number of ether oxygens (including phenoxy) is 2. The molecule has 0 atom stereocenters. The Morgan fingerprint density at radius 1 is 1.12 bits per heavy atom. The third-order valence-electron chi connectivity index (χ3n) is 3.66. The van der Waals surface area contributed by atoms with Crippen LogP contribution in [0.5, 0.6) is 11.5 Å². The van der Waals surface area contributed by atoms with Gasteiger partial charge in [-0.1, -0.05) is 12.1 Å². The van der Waals surface area contributed by atoms with Crippen molar-refractivity contribution in [2.24, 2.45) is 5.10 Å². The molecule has 3 rings (SSSR count). The SMILES string of the molecule is COc1ccc(OC)c(/C=N/n2c(C)nc3ccccc3c2=O)c1. The summed E-state index contributed by atoms with van der Waals surface area (Å²) in [5.41, 5.74) is 1.15. The maximum atomic E-state index is 12.6. The number of aromatic nitrogens is 2. The highest BCUT2D eigenvalue weighted by Crippen LogP contribution is 2.22. The molecule has 6 nitrogen and oxygen atoms in total. The molecule has 1 heterocycles. The second-order valence-corrected chi connectivity index (χ2v) is 5.15. The molecule has 0 N–H and O–H groups in total. The Morgan fingerprint density at radius 3 is 2.67 bits per heavy atom. The van der Waals surface area contributed by atoms with Crippen LogP contribution in [-0.4, -0.2) is 30.1 Å². The Kier molecular flexibility index (Phi) is 4.29. The normalized spacial score (nSPS) is 11.1. The van der Waals surface area contributed by atoms with Crippen LogP contribution >= 0.6 is 0 Å². The van der Waals surface area contributed by atoms with E-state index in [0.717, 1.165) is 0 Å². The number of rotatable bonds is 4. The van der Waals surface area contributed by atoms with E-state index in [2.05, 4.69) is 10.1 Å². The summed E-state index contributed by atoms with van der Waals surface area (Å²) >= 11 is 0. The molecule has 0 radical (unpaired) electrons. The molecule has 0 unspecified atom stereocenters. The van der Waals surface area contributed by atoms with E-state index in [1.807, 2.05) is 12.1 Å². The predicted octanol–water partition coefficient (Wildman–Crippen LogP) is 2.60. The average molecular weight is 323 g/mol. The summed E-state index contributed by atoms with van der Waals surface area (Å²) in [4.78, 5) is 17.0. The van der Waals surface area contributed by atoms with Crippen molar-refractivity contribution in [2.45, 2.75) is 6.92 Å². The molecule has 122 valence electrons. The lowest BCUT2D eigenvalue weighted by Crippen LogP contribution is -2.20. The van der Waals surface area contributed by atoms with Crippen molar-refractivity contribution in [3.63, 3.8) is 0 Å². The fourth-order valence-electron chi connectivity index (χ4n) is 2.43. The van der Waals surface area contributed by atoms with Crippen molar-refractivity contribution < 1.29 is 9.47 Å². The first-order valence-electron chi connectivity index (χ1n) is 7.39. The fraction of sp³-hybridized carbons (Fsp3) is 0.167. The zero-order valence-electron chi connectivity index (χ0n) is 13.7. The molecule has 0 saturated carbocycles. The summed E-state index contributed by atoms with van der Waals surface area (Å²) in [5.74, 6) is 1.83. The maximum Gasteiger partial charge on any atom is 0.282 e. The first kappa shape index (κ1) is 15.7.